The number of hydrogen-bond acceptors (Lipinski definition) is 4. The Morgan fingerprint density at radius 3 is 2.46 bits per heavy atom. The smallest absolute Gasteiger partial charge is 0.264 e. The molecule has 2 aromatic carbocycles. The highest BCUT2D eigenvalue weighted by Crippen LogP contribution is 2.42. The Morgan fingerprint density at radius 1 is 1.25 bits per heavy atom. The van der Waals surface area contributed by atoms with Gasteiger partial charge in [-0.3, -0.25) is 14.5 Å². The van der Waals surface area contributed by atoms with E-state index in [0.29, 0.717) is 22.2 Å². The number of carbonyl (C=O) groups is 2. The molecule has 5 nitrogen and oxygen atoms in total. The van der Waals surface area contributed by atoms with Crippen molar-refractivity contribution < 1.29 is 9.59 Å². The number of carbonyl (C=O) groups excluding carboxylic acids is 2. The maximum atomic E-state index is 13.2. The number of rotatable bonds is 4. The van der Waals surface area contributed by atoms with Gasteiger partial charge < -0.3 is 5.32 Å². The van der Waals surface area contributed by atoms with Gasteiger partial charge >= 0.3 is 0 Å². The van der Waals surface area contributed by atoms with Crippen LogP contribution in [0.1, 0.15) is 5.56 Å². The highest BCUT2D eigenvalue weighted by atomic mass is 79.9. The average molecular weight is 477 g/mol. The number of likely N-dealkylation sites (N-methyl/N-ethyl adjacent to an activating group) is 1. The number of amides is 2. The molecule has 1 aliphatic heterocycles. The summed E-state index contributed by atoms with van der Waals surface area (Å²) in [4.78, 5) is 26.8. The van der Waals surface area contributed by atoms with Crippen LogP contribution < -0.4 is 10.2 Å². The summed E-state index contributed by atoms with van der Waals surface area (Å²) in [5, 5.41) is 12.4. The Bertz CT molecular complexity index is 984. The van der Waals surface area contributed by atoms with E-state index in [1.54, 1.807) is 24.3 Å². The van der Waals surface area contributed by atoms with Crippen molar-refractivity contribution in [3.05, 3.63) is 74.2 Å². The fourth-order valence-corrected chi connectivity index (χ4v) is 4.47. The molecule has 0 bridgehead atoms. The lowest BCUT2D eigenvalue weighted by Crippen LogP contribution is -2.31. The molecule has 1 N–H and O–H groups in total. The van der Waals surface area contributed by atoms with Crippen molar-refractivity contribution in [2.24, 2.45) is 0 Å². The number of halogens is 2. The number of nitriles is 1. The van der Waals surface area contributed by atoms with Crippen molar-refractivity contribution >= 4 is 56.8 Å². The quantitative estimate of drug-likeness (QED) is 0.528. The molecule has 0 saturated carbocycles. The van der Waals surface area contributed by atoms with Gasteiger partial charge in [-0.1, -0.05) is 51.4 Å². The second-order valence-corrected chi connectivity index (χ2v) is 8.50. The third-order valence-corrected chi connectivity index (χ3v) is 6.20. The van der Waals surface area contributed by atoms with Crippen molar-refractivity contribution in [3.63, 3.8) is 0 Å². The summed E-state index contributed by atoms with van der Waals surface area (Å²) in [6, 6.07) is 16.4. The van der Waals surface area contributed by atoms with Crippen LogP contribution in [0.15, 0.2) is 63.6 Å². The van der Waals surface area contributed by atoms with Crippen LogP contribution in [0.5, 0.6) is 0 Å². The zero-order chi connectivity index (χ0) is 20.3. The van der Waals surface area contributed by atoms with Crippen molar-refractivity contribution in [3.8, 4) is 6.07 Å². The van der Waals surface area contributed by atoms with Crippen molar-refractivity contribution in [2.75, 3.05) is 11.9 Å². The van der Waals surface area contributed by atoms with Gasteiger partial charge in [-0.05, 0) is 48.4 Å². The van der Waals surface area contributed by atoms with Crippen molar-refractivity contribution in [1.82, 2.24) is 5.32 Å². The summed E-state index contributed by atoms with van der Waals surface area (Å²) in [6.45, 7) is 0. The number of benzene rings is 2. The first-order valence-corrected chi connectivity index (χ1v) is 10.4. The van der Waals surface area contributed by atoms with E-state index in [1.807, 2.05) is 30.3 Å². The van der Waals surface area contributed by atoms with E-state index >= 15 is 0 Å². The Balaban J connectivity index is 2.03. The molecule has 1 atom stereocenters. The van der Waals surface area contributed by atoms with Crippen LogP contribution in [0.3, 0.4) is 0 Å². The second kappa shape index (κ2) is 8.82. The molecule has 142 valence electrons. The molecule has 28 heavy (non-hydrogen) atoms. The van der Waals surface area contributed by atoms with Crippen molar-refractivity contribution in [1.29, 1.82) is 5.26 Å². The van der Waals surface area contributed by atoms with Gasteiger partial charge in [-0.25, -0.2) is 0 Å². The Kier molecular flexibility index (Phi) is 6.45. The van der Waals surface area contributed by atoms with Crippen LogP contribution in [-0.4, -0.2) is 24.1 Å². The maximum absolute atomic E-state index is 13.2. The van der Waals surface area contributed by atoms with E-state index in [4.69, 9.17) is 11.6 Å². The third kappa shape index (κ3) is 4.25. The van der Waals surface area contributed by atoms with Crippen LogP contribution in [0.25, 0.3) is 0 Å². The minimum Gasteiger partial charge on any atom is -0.354 e. The first-order chi connectivity index (χ1) is 13.4. The van der Waals surface area contributed by atoms with E-state index in [9.17, 15) is 14.9 Å². The molecule has 0 aromatic heterocycles. The van der Waals surface area contributed by atoms with E-state index in [0.717, 1.165) is 10.0 Å². The predicted octanol–water partition coefficient (Wildman–Crippen LogP) is 4.27. The maximum Gasteiger partial charge on any atom is 0.264 e. The van der Waals surface area contributed by atoms with Gasteiger partial charge in [0.05, 0.1) is 5.25 Å². The lowest BCUT2D eigenvalue weighted by atomic mass is 10.1. The molecule has 0 spiro atoms. The summed E-state index contributed by atoms with van der Waals surface area (Å²) in [6.07, 6.45) is 0.483. The van der Waals surface area contributed by atoms with Gasteiger partial charge in [0.25, 0.3) is 5.91 Å². The summed E-state index contributed by atoms with van der Waals surface area (Å²) >= 11 is 10.6. The Labute approximate surface area is 180 Å². The van der Waals surface area contributed by atoms with Gasteiger partial charge in [0, 0.05) is 22.2 Å². The third-order valence-electron chi connectivity index (χ3n) is 4.15. The molecule has 1 fully saturated rings. The van der Waals surface area contributed by atoms with Crippen LogP contribution in [0.4, 0.5) is 5.69 Å². The van der Waals surface area contributed by atoms with E-state index in [1.165, 1.54) is 23.7 Å². The zero-order valence-electron chi connectivity index (χ0n) is 14.8. The Morgan fingerprint density at radius 2 is 1.89 bits per heavy atom. The van der Waals surface area contributed by atoms with Crippen LogP contribution >= 0.6 is 39.3 Å². The number of thioether (sulfide) groups is 1. The lowest BCUT2D eigenvalue weighted by molar-refractivity contribution is -0.117. The summed E-state index contributed by atoms with van der Waals surface area (Å²) < 4.78 is 0.955. The van der Waals surface area contributed by atoms with Gasteiger partial charge in [0.2, 0.25) is 5.91 Å². The molecule has 1 heterocycles. The molecule has 0 aliphatic carbocycles. The highest BCUT2D eigenvalue weighted by molar-refractivity contribution is 9.10. The van der Waals surface area contributed by atoms with Crippen molar-refractivity contribution in [2.45, 2.75) is 11.7 Å². The van der Waals surface area contributed by atoms with Crippen LogP contribution in [0, 0.1) is 11.3 Å². The summed E-state index contributed by atoms with van der Waals surface area (Å²) in [5.41, 5.74) is 1.46. The summed E-state index contributed by atoms with van der Waals surface area (Å²) in [5.74, 6) is -0.706. The van der Waals surface area contributed by atoms with Gasteiger partial charge in [0.1, 0.15) is 16.7 Å². The van der Waals surface area contributed by atoms with Gasteiger partial charge in [0.15, 0.2) is 0 Å². The number of anilines is 1. The molecule has 2 amide bonds. The molecule has 1 saturated heterocycles. The predicted molar refractivity (Wildman–Crippen MR) is 115 cm³/mol. The standard InChI is InChI=1S/C20H15BrClN3O2S/c1-24-18(26)16(11-23)20-25(15-8-6-14(22)7-9-15)19(27)17(28-20)10-12-2-4-13(21)5-3-12/h2-9,17H,10H2,1H3,(H,24,26)/b20-16-. The molecule has 1 aliphatic rings. The SMILES string of the molecule is CNC(=O)/C(C#N)=C1\SC(Cc2ccc(Br)cc2)C(=O)N1c1ccc(Cl)cc1. The van der Waals surface area contributed by atoms with Crippen LogP contribution in [-0.2, 0) is 16.0 Å². The fraction of sp³-hybridized carbons (Fsp3) is 0.150. The topological polar surface area (TPSA) is 73.2 Å². The van der Waals surface area contributed by atoms with Gasteiger partial charge in [-0.2, -0.15) is 5.26 Å². The molecule has 1 unspecified atom stereocenters. The summed E-state index contributed by atoms with van der Waals surface area (Å²) in [7, 11) is 1.45. The largest absolute Gasteiger partial charge is 0.354 e. The van der Waals surface area contributed by atoms with E-state index in [2.05, 4.69) is 21.2 Å². The first-order valence-electron chi connectivity index (χ1n) is 8.31. The number of nitrogens with zero attached hydrogens (tertiary/aromatic N) is 2. The highest BCUT2D eigenvalue weighted by Gasteiger charge is 2.40. The molecule has 3 rings (SSSR count). The number of hydrogen-bond donors (Lipinski definition) is 1. The number of nitrogens with one attached hydrogen (secondary N) is 1. The zero-order valence-corrected chi connectivity index (χ0v) is 17.9. The minimum atomic E-state index is -0.527. The fourth-order valence-electron chi connectivity index (χ4n) is 2.77. The molecule has 2 aromatic rings. The molecule has 0 radical (unpaired) electrons. The normalized spacial score (nSPS) is 18.0. The first kappa shape index (κ1) is 20.5. The van der Waals surface area contributed by atoms with E-state index < -0.39 is 11.2 Å². The Hall–Kier alpha value is -2.27. The monoisotopic (exact) mass is 475 g/mol. The molecular formula is C20H15BrClN3O2S. The molecular weight excluding hydrogens is 462 g/mol. The van der Waals surface area contributed by atoms with Gasteiger partial charge in [-0.15, -0.1) is 0 Å². The minimum absolute atomic E-state index is 0.0888. The second-order valence-electron chi connectivity index (χ2n) is 5.96. The van der Waals surface area contributed by atoms with E-state index in [-0.39, 0.29) is 11.5 Å². The van der Waals surface area contributed by atoms with Crippen LogP contribution in [0.2, 0.25) is 5.02 Å². The molecule has 8 heteroatoms. The lowest BCUT2D eigenvalue weighted by Gasteiger charge is -2.18. The average Bonchev–Trinajstić information content (AvgIpc) is 3.00.